The van der Waals surface area contributed by atoms with Crippen LogP contribution in [0.1, 0.15) is 30.6 Å². The van der Waals surface area contributed by atoms with E-state index in [0.717, 1.165) is 6.42 Å². The minimum absolute atomic E-state index is 0.216. The summed E-state index contributed by atoms with van der Waals surface area (Å²) < 4.78 is 18.4. The third-order valence-corrected chi connectivity index (χ3v) is 3.46. The van der Waals surface area contributed by atoms with Crippen molar-refractivity contribution in [2.24, 2.45) is 0 Å². The molecule has 0 saturated heterocycles. The lowest BCUT2D eigenvalue weighted by molar-refractivity contribution is -0.122. The molecule has 2 N–H and O–H groups in total. The molecule has 2 amide bonds. The lowest BCUT2D eigenvalue weighted by atomic mass is 10.2. The molecule has 1 atom stereocenters. The molecule has 0 radical (unpaired) electrons. The Bertz CT molecular complexity index is 714. The molecule has 1 unspecified atom stereocenters. The van der Waals surface area contributed by atoms with Gasteiger partial charge in [0, 0.05) is 12.1 Å². The fraction of sp³-hybridized carbons (Fsp3) is 0.263. The number of benzene rings is 2. The largest absolute Gasteiger partial charge is 0.457 e. The highest BCUT2D eigenvalue weighted by Gasteiger charge is 2.16. The number of rotatable bonds is 7. The number of carbonyl (C=O) groups is 2. The zero-order chi connectivity index (χ0) is 18.2. The van der Waals surface area contributed by atoms with Crippen LogP contribution in [0.2, 0.25) is 0 Å². The maximum absolute atomic E-state index is 12.9. The zero-order valence-electron chi connectivity index (χ0n) is 14.2. The summed E-state index contributed by atoms with van der Waals surface area (Å²) in [7, 11) is 0. The van der Waals surface area contributed by atoms with E-state index in [1.165, 1.54) is 24.3 Å². The Kier molecular flexibility index (Phi) is 6.51. The van der Waals surface area contributed by atoms with Crippen molar-refractivity contribution in [2.75, 3.05) is 6.54 Å². The van der Waals surface area contributed by atoms with Gasteiger partial charge in [-0.15, -0.1) is 0 Å². The molecule has 0 aromatic heterocycles. The van der Waals surface area contributed by atoms with Crippen LogP contribution >= 0.6 is 0 Å². The Balaban J connectivity index is 1.93. The number of ether oxygens (including phenoxy) is 1. The normalized spacial score (nSPS) is 11.5. The van der Waals surface area contributed by atoms with Gasteiger partial charge >= 0.3 is 0 Å². The van der Waals surface area contributed by atoms with Gasteiger partial charge in [0.15, 0.2) is 0 Å². The zero-order valence-corrected chi connectivity index (χ0v) is 14.2. The van der Waals surface area contributed by atoms with Crippen molar-refractivity contribution in [3.63, 3.8) is 0 Å². The lowest BCUT2D eigenvalue weighted by Gasteiger charge is -2.14. The SMILES string of the molecule is CCCNC(=O)C(C)NC(=O)c1ccc(Oc2ccc(F)cc2)cc1. The van der Waals surface area contributed by atoms with Crippen LogP contribution in [0, 0.1) is 5.82 Å². The van der Waals surface area contributed by atoms with Crippen molar-refractivity contribution in [2.45, 2.75) is 26.3 Å². The highest BCUT2D eigenvalue weighted by Crippen LogP contribution is 2.21. The van der Waals surface area contributed by atoms with Crippen molar-refractivity contribution in [3.05, 3.63) is 59.9 Å². The average Bonchev–Trinajstić information content (AvgIpc) is 2.62. The van der Waals surface area contributed by atoms with E-state index in [-0.39, 0.29) is 17.6 Å². The second kappa shape index (κ2) is 8.82. The third kappa shape index (κ3) is 5.60. The maximum Gasteiger partial charge on any atom is 0.251 e. The van der Waals surface area contributed by atoms with Gasteiger partial charge in [-0.2, -0.15) is 0 Å². The Morgan fingerprint density at radius 3 is 2.16 bits per heavy atom. The van der Waals surface area contributed by atoms with Gasteiger partial charge in [-0.05, 0) is 61.9 Å². The Morgan fingerprint density at radius 1 is 1.04 bits per heavy atom. The number of hydrogen-bond acceptors (Lipinski definition) is 3. The van der Waals surface area contributed by atoms with Gasteiger partial charge in [0.25, 0.3) is 5.91 Å². The number of hydrogen-bond donors (Lipinski definition) is 2. The molecule has 0 aliphatic heterocycles. The molecule has 0 fully saturated rings. The Morgan fingerprint density at radius 2 is 1.60 bits per heavy atom. The minimum Gasteiger partial charge on any atom is -0.457 e. The number of carbonyl (C=O) groups excluding carboxylic acids is 2. The molecule has 5 nitrogen and oxygen atoms in total. The van der Waals surface area contributed by atoms with E-state index >= 15 is 0 Å². The molecule has 0 aliphatic carbocycles. The van der Waals surface area contributed by atoms with E-state index in [4.69, 9.17) is 4.74 Å². The van der Waals surface area contributed by atoms with Crippen LogP contribution in [-0.2, 0) is 4.79 Å². The smallest absolute Gasteiger partial charge is 0.251 e. The molecule has 0 heterocycles. The fourth-order valence-corrected chi connectivity index (χ4v) is 2.06. The molecular weight excluding hydrogens is 323 g/mol. The summed E-state index contributed by atoms with van der Waals surface area (Å²) in [6.45, 7) is 4.17. The van der Waals surface area contributed by atoms with Crippen molar-refractivity contribution in [3.8, 4) is 11.5 Å². The summed E-state index contributed by atoms with van der Waals surface area (Å²) in [5.41, 5.74) is 0.418. The minimum atomic E-state index is -0.616. The number of amides is 2. The van der Waals surface area contributed by atoms with Gasteiger partial charge in [0.2, 0.25) is 5.91 Å². The molecule has 0 spiro atoms. The van der Waals surface area contributed by atoms with Crippen LogP contribution in [0.25, 0.3) is 0 Å². The average molecular weight is 344 g/mol. The second-order valence-electron chi connectivity index (χ2n) is 5.57. The predicted molar refractivity (Wildman–Crippen MR) is 93.1 cm³/mol. The Hall–Kier alpha value is -2.89. The van der Waals surface area contributed by atoms with E-state index < -0.39 is 6.04 Å². The van der Waals surface area contributed by atoms with Crippen molar-refractivity contribution >= 4 is 11.8 Å². The van der Waals surface area contributed by atoms with E-state index in [0.29, 0.717) is 23.6 Å². The van der Waals surface area contributed by atoms with Crippen molar-refractivity contribution in [1.29, 1.82) is 0 Å². The Labute approximate surface area is 146 Å². The fourth-order valence-electron chi connectivity index (χ4n) is 2.06. The van der Waals surface area contributed by atoms with Crippen LogP contribution in [-0.4, -0.2) is 24.4 Å². The molecule has 2 aromatic rings. The first kappa shape index (κ1) is 18.4. The van der Waals surface area contributed by atoms with Gasteiger partial charge in [-0.1, -0.05) is 6.92 Å². The maximum atomic E-state index is 12.9. The molecule has 2 rings (SSSR count). The van der Waals surface area contributed by atoms with Gasteiger partial charge in [0.05, 0.1) is 0 Å². The van der Waals surface area contributed by atoms with E-state index in [2.05, 4.69) is 10.6 Å². The molecule has 25 heavy (non-hydrogen) atoms. The summed E-state index contributed by atoms with van der Waals surface area (Å²) in [6.07, 6.45) is 0.835. The molecular formula is C19H21FN2O3. The summed E-state index contributed by atoms with van der Waals surface area (Å²) in [5.74, 6) is 0.132. The van der Waals surface area contributed by atoms with Crippen LogP contribution in [0.4, 0.5) is 4.39 Å². The highest BCUT2D eigenvalue weighted by molar-refractivity contribution is 5.97. The predicted octanol–water partition coefficient (Wildman–Crippen LogP) is 3.26. The first-order chi connectivity index (χ1) is 12.0. The first-order valence-electron chi connectivity index (χ1n) is 8.11. The van der Waals surface area contributed by atoms with Crippen LogP contribution in [0.15, 0.2) is 48.5 Å². The summed E-state index contributed by atoms with van der Waals surface area (Å²) in [4.78, 5) is 23.9. The molecule has 0 saturated carbocycles. The van der Waals surface area contributed by atoms with Gasteiger partial charge in [-0.25, -0.2) is 4.39 Å². The lowest BCUT2D eigenvalue weighted by Crippen LogP contribution is -2.44. The van der Waals surface area contributed by atoms with Gasteiger partial charge in [0.1, 0.15) is 23.4 Å². The highest BCUT2D eigenvalue weighted by atomic mass is 19.1. The number of halogens is 1. The molecule has 6 heteroatoms. The monoisotopic (exact) mass is 344 g/mol. The van der Waals surface area contributed by atoms with Crippen LogP contribution < -0.4 is 15.4 Å². The summed E-state index contributed by atoms with van der Waals surface area (Å²) >= 11 is 0. The third-order valence-electron chi connectivity index (χ3n) is 3.46. The van der Waals surface area contributed by atoms with Crippen LogP contribution in [0.3, 0.4) is 0 Å². The molecule has 0 aliphatic rings. The molecule has 0 bridgehead atoms. The second-order valence-corrected chi connectivity index (χ2v) is 5.57. The standard InChI is InChI=1S/C19H21FN2O3/c1-3-12-21-18(23)13(2)22-19(24)14-4-8-16(9-5-14)25-17-10-6-15(20)7-11-17/h4-11,13H,3,12H2,1-2H3,(H,21,23)(H,22,24). The van der Waals surface area contributed by atoms with Crippen LogP contribution in [0.5, 0.6) is 11.5 Å². The first-order valence-corrected chi connectivity index (χ1v) is 8.11. The van der Waals surface area contributed by atoms with E-state index in [1.807, 2.05) is 6.92 Å². The molecule has 2 aromatic carbocycles. The topological polar surface area (TPSA) is 67.4 Å². The van der Waals surface area contributed by atoms with E-state index in [1.54, 1.807) is 31.2 Å². The van der Waals surface area contributed by atoms with Crippen molar-refractivity contribution < 1.29 is 18.7 Å². The van der Waals surface area contributed by atoms with Crippen molar-refractivity contribution in [1.82, 2.24) is 10.6 Å². The quantitative estimate of drug-likeness (QED) is 0.810. The van der Waals surface area contributed by atoms with E-state index in [9.17, 15) is 14.0 Å². The molecule has 132 valence electrons. The van der Waals surface area contributed by atoms with Gasteiger partial charge in [-0.3, -0.25) is 9.59 Å². The summed E-state index contributed by atoms with van der Waals surface area (Å²) in [5, 5.41) is 5.38. The number of nitrogens with one attached hydrogen (secondary N) is 2. The summed E-state index contributed by atoms with van der Waals surface area (Å²) in [6, 6.07) is 11.5. The van der Waals surface area contributed by atoms with Gasteiger partial charge < -0.3 is 15.4 Å².